The Labute approximate surface area is 79.4 Å². The maximum absolute atomic E-state index is 9.73. The number of aliphatic hydroxyl groups excluding tert-OH is 1. The Kier molecular flexibility index (Phi) is 2.12. The van der Waals surface area contributed by atoms with Gasteiger partial charge in [0.15, 0.2) is 0 Å². The molecular weight excluding hydrogens is 160 g/mol. The SMILES string of the molecule is Cc1cc(C)c2c(c1)[C](O)CCC2. The van der Waals surface area contributed by atoms with Gasteiger partial charge in [-0.1, -0.05) is 17.7 Å². The van der Waals surface area contributed by atoms with E-state index in [1.54, 1.807) is 0 Å². The van der Waals surface area contributed by atoms with Crippen LogP contribution in [0.2, 0.25) is 0 Å². The second-order valence-electron chi connectivity index (χ2n) is 3.91. The van der Waals surface area contributed by atoms with Crippen LogP contribution in [0, 0.1) is 20.0 Å². The predicted molar refractivity (Wildman–Crippen MR) is 53.1 cm³/mol. The van der Waals surface area contributed by atoms with Gasteiger partial charge in [0.1, 0.15) is 6.10 Å². The smallest absolute Gasteiger partial charge is 0.123 e. The highest BCUT2D eigenvalue weighted by molar-refractivity contribution is 5.45. The van der Waals surface area contributed by atoms with E-state index in [9.17, 15) is 5.11 Å². The lowest BCUT2D eigenvalue weighted by Crippen LogP contribution is -2.11. The first-order chi connectivity index (χ1) is 6.18. The lowest BCUT2D eigenvalue weighted by Gasteiger charge is -2.22. The first kappa shape index (κ1) is 8.76. The van der Waals surface area contributed by atoms with Crippen LogP contribution >= 0.6 is 0 Å². The maximum Gasteiger partial charge on any atom is 0.123 e. The molecule has 0 fully saturated rings. The number of rotatable bonds is 0. The molecule has 1 N–H and O–H groups in total. The summed E-state index contributed by atoms with van der Waals surface area (Å²) in [6, 6.07) is 4.29. The van der Waals surface area contributed by atoms with Crippen LogP contribution in [0.1, 0.15) is 35.1 Å². The molecule has 0 amide bonds. The average Bonchev–Trinajstić information content (AvgIpc) is 2.07. The first-order valence-corrected chi connectivity index (χ1v) is 4.84. The minimum atomic E-state index is 0.577. The summed E-state index contributed by atoms with van der Waals surface area (Å²) in [5.74, 6) is 0. The third-order valence-corrected chi connectivity index (χ3v) is 2.77. The zero-order valence-electron chi connectivity index (χ0n) is 8.22. The molecule has 1 aliphatic rings. The minimum absolute atomic E-state index is 0.577. The summed E-state index contributed by atoms with van der Waals surface area (Å²) in [5, 5.41) is 9.73. The largest absolute Gasteiger partial charge is 0.382 e. The molecule has 1 heteroatoms. The number of hydrogen-bond acceptors (Lipinski definition) is 1. The van der Waals surface area contributed by atoms with Gasteiger partial charge >= 0.3 is 0 Å². The van der Waals surface area contributed by atoms with E-state index in [-0.39, 0.29) is 0 Å². The number of benzene rings is 1. The first-order valence-electron chi connectivity index (χ1n) is 4.84. The van der Waals surface area contributed by atoms with Crippen LogP contribution < -0.4 is 0 Å². The molecule has 1 aliphatic carbocycles. The molecule has 0 aliphatic heterocycles. The molecule has 69 valence electrons. The van der Waals surface area contributed by atoms with E-state index in [0.717, 1.165) is 24.8 Å². The van der Waals surface area contributed by atoms with E-state index in [1.807, 2.05) is 0 Å². The lowest BCUT2D eigenvalue weighted by atomic mass is 9.85. The van der Waals surface area contributed by atoms with Crippen molar-refractivity contribution in [2.45, 2.75) is 33.1 Å². The topological polar surface area (TPSA) is 20.2 Å². The van der Waals surface area contributed by atoms with Crippen molar-refractivity contribution >= 4 is 0 Å². The van der Waals surface area contributed by atoms with Gasteiger partial charge in [-0.2, -0.15) is 0 Å². The zero-order valence-corrected chi connectivity index (χ0v) is 8.22. The molecule has 1 aromatic rings. The Hall–Kier alpha value is -0.820. The van der Waals surface area contributed by atoms with Gasteiger partial charge in [0.2, 0.25) is 0 Å². The summed E-state index contributed by atoms with van der Waals surface area (Å²) in [6.07, 6.45) is 3.62. The predicted octanol–water partition coefficient (Wildman–Crippen LogP) is 2.89. The van der Waals surface area contributed by atoms with Crippen molar-refractivity contribution in [3.63, 3.8) is 0 Å². The molecule has 0 atom stereocenters. The van der Waals surface area contributed by atoms with E-state index in [4.69, 9.17) is 0 Å². The van der Waals surface area contributed by atoms with Crippen molar-refractivity contribution in [3.05, 3.63) is 40.5 Å². The van der Waals surface area contributed by atoms with Crippen molar-refractivity contribution in [3.8, 4) is 0 Å². The highest BCUT2D eigenvalue weighted by Gasteiger charge is 2.20. The summed E-state index contributed by atoms with van der Waals surface area (Å²) in [7, 11) is 0. The minimum Gasteiger partial charge on any atom is -0.382 e. The van der Waals surface area contributed by atoms with Gasteiger partial charge in [0.25, 0.3) is 0 Å². The molecular formula is C12H15O. The van der Waals surface area contributed by atoms with Gasteiger partial charge in [0, 0.05) is 0 Å². The standard InChI is InChI=1S/C12H15O/c1-8-6-9(2)10-4-3-5-12(13)11(10)7-8/h6-7,13H,3-5H2,1-2H3. The lowest BCUT2D eigenvalue weighted by molar-refractivity contribution is 0.299. The van der Waals surface area contributed by atoms with Gasteiger partial charge in [-0.3, -0.25) is 0 Å². The van der Waals surface area contributed by atoms with E-state index in [1.165, 1.54) is 16.7 Å². The Morgan fingerprint density at radius 3 is 2.69 bits per heavy atom. The van der Waals surface area contributed by atoms with Crippen LogP contribution in [0.4, 0.5) is 0 Å². The van der Waals surface area contributed by atoms with Gasteiger partial charge in [-0.25, -0.2) is 0 Å². The molecule has 1 radical (unpaired) electrons. The van der Waals surface area contributed by atoms with Gasteiger partial charge in [-0.15, -0.1) is 0 Å². The average molecular weight is 175 g/mol. The van der Waals surface area contributed by atoms with E-state index < -0.39 is 0 Å². The molecule has 0 unspecified atom stereocenters. The molecule has 0 saturated carbocycles. The third kappa shape index (κ3) is 1.49. The fraction of sp³-hybridized carbons (Fsp3) is 0.417. The molecule has 2 rings (SSSR count). The number of aliphatic hydroxyl groups is 1. The van der Waals surface area contributed by atoms with Crippen molar-refractivity contribution in [1.82, 2.24) is 0 Å². The van der Waals surface area contributed by atoms with Crippen LogP contribution in [0.15, 0.2) is 12.1 Å². The van der Waals surface area contributed by atoms with Crippen molar-refractivity contribution in [2.24, 2.45) is 0 Å². The molecule has 0 bridgehead atoms. The third-order valence-electron chi connectivity index (χ3n) is 2.77. The molecule has 0 heterocycles. The van der Waals surface area contributed by atoms with Gasteiger partial charge in [0.05, 0.1) is 0 Å². The second-order valence-corrected chi connectivity index (χ2v) is 3.91. The normalized spacial score (nSPS) is 17.2. The van der Waals surface area contributed by atoms with E-state index in [0.29, 0.717) is 6.10 Å². The molecule has 13 heavy (non-hydrogen) atoms. The molecule has 0 aromatic heterocycles. The highest BCUT2D eigenvalue weighted by Crippen LogP contribution is 2.31. The summed E-state index contributed by atoms with van der Waals surface area (Å²) in [4.78, 5) is 0. The quantitative estimate of drug-likeness (QED) is 0.642. The van der Waals surface area contributed by atoms with Crippen LogP contribution in [-0.2, 0) is 6.42 Å². The summed E-state index contributed by atoms with van der Waals surface area (Å²) < 4.78 is 0. The van der Waals surface area contributed by atoms with Crippen LogP contribution in [0.5, 0.6) is 0 Å². The van der Waals surface area contributed by atoms with Crippen molar-refractivity contribution < 1.29 is 5.11 Å². The van der Waals surface area contributed by atoms with Crippen LogP contribution in [-0.4, -0.2) is 5.11 Å². The summed E-state index contributed by atoms with van der Waals surface area (Å²) >= 11 is 0. The van der Waals surface area contributed by atoms with Crippen molar-refractivity contribution in [1.29, 1.82) is 0 Å². The van der Waals surface area contributed by atoms with Crippen LogP contribution in [0.3, 0.4) is 0 Å². The molecule has 1 nitrogen and oxygen atoms in total. The Morgan fingerprint density at radius 2 is 1.92 bits per heavy atom. The maximum atomic E-state index is 9.73. The Bertz CT molecular complexity index is 328. The second kappa shape index (κ2) is 3.15. The summed E-state index contributed by atoms with van der Waals surface area (Å²) in [5.41, 5.74) is 4.99. The molecule has 1 aromatic carbocycles. The molecule has 0 saturated heterocycles. The van der Waals surface area contributed by atoms with Gasteiger partial charge in [-0.05, 0) is 49.8 Å². The molecule has 0 spiro atoms. The fourth-order valence-electron chi connectivity index (χ4n) is 2.15. The number of fused-ring (bicyclic) bond motifs is 1. The highest BCUT2D eigenvalue weighted by atomic mass is 16.3. The fourth-order valence-corrected chi connectivity index (χ4v) is 2.15. The zero-order chi connectivity index (χ0) is 9.42. The van der Waals surface area contributed by atoms with Crippen LogP contribution in [0.25, 0.3) is 0 Å². The van der Waals surface area contributed by atoms with E-state index >= 15 is 0 Å². The van der Waals surface area contributed by atoms with Crippen molar-refractivity contribution in [2.75, 3.05) is 0 Å². The summed E-state index contributed by atoms with van der Waals surface area (Å²) in [6.45, 7) is 4.21. The van der Waals surface area contributed by atoms with Gasteiger partial charge < -0.3 is 5.11 Å². The van der Waals surface area contributed by atoms with E-state index in [2.05, 4.69) is 26.0 Å². The Morgan fingerprint density at radius 1 is 1.15 bits per heavy atom. The Balaban J connectivity index is 2.56. The monoisotopic (exact) mass is 175 g/mol. The number of hydrogen-bond donors (Lipinski definition) is 1. The number of aryl methyl sites for hydroxylation is 2.